The molecule has 2 aromatic heterocycles. The summed E-state index contributed by atoms with van der Waals surface area (Å²) in [7, 11) is 0. The number of ether oxygens (including phenoxy) is 1. The zero-order chi connectivity index (χ0) is 18.1. The van der Waals surface area contributed by atoms with Crippen molar-refractivity contribution in [1.29, 1.82) is 0 Å². The van der Waals surface area contributed by atoms with Gasteiger partial charge in [-0.15, -0.1) is 11.3 Å². The van der Waals surface area contributed by atoms with Crippen LogP contribution in [0.15, 0.2) is 29.9 Å². The normalized spacial score (nSPS) is 17.0. The molecule has 0 radical (unpaired) electrons. The number of rotatable bonds is 4. The molecule has 3 heterocycles. The highest BCUT2D eigenvalue weighted by atomic mass is 32.1. The Morgan fingerprint density at radius 2 is 2.27 bits per heavy atom. The summed E-state index contributed by atoms with van der Waals surface area (Å²) in [6.45, 7) is 5.13. The van der Waals surface area contributed by atoms with E-state index >= 15 is 0 Å². The molecule has 0 saturated carbocycles. The van der Waals surface area contributed by atoms with Crippen LogP contribution in [0.4, 0.5) is 5.82 Å². The van der Waals surface area contributed by atoms with Gasteiger partial charge in [-0.1, -0.05) is 12.1 Å². The molecule has 1 unspecified atom stereocenters. The van der Waals surface area contributed by atoms with Gasteiger partial charge in [0.1, 0.15) is 17.2 Å². The van der Waals surface area contributed by atoms with Gasteiger partial charge in [-0.05, 0) is 38.3 Å². The van der Waals surface area contributed by atoms with Crippen molar-refractivity contribution < 1.29 is 9.53 Å². The van der Waals surface area contributed by atoms with Crippen molar-refractivity contribution in [2.45, 2.75) is 32.7 Å². The highest BCUT2D eigenvalue weighted by molar-refractivity contribution is 7.10. The lowest BCUT2D eigenvalue weighted by atomic mass is 10.1. The molecule has 134 valence electrons. The molecule has 26 heavy (non-hydrogen) atoms. The van der Waals surface area contributed by atoms with Crippen molar-refractivity contribution in [1.82, 2.24) is 15.0 Å². The zero-order valence-corrected chi connectivity index (χ0v) is 15.6. The predicted octanol–water partition coefficient (Wildman–Crippen LogP) is 3.91. The van der Waals surface area contributed by atoms with E-state index in [1.54, 1.807) is 18.6 Å². The molecule has 1 aliphatic heterocycles. The first-order valence-corrected chi connectivity index (χ1v) is 9.66. The topological polar surface area (TPSA) is 68.2 Å². The molecule has 4 rings (SSSR count). The third kappa shape index (κ3) is 2.92. The third-order valence-corrected chi connectivity index (χ3v) is 5.61. The molecule has 6 nitrogen and oxygen atoms in total. The number of carbonyl (C=O) groups is 1. The van der Waals surface area contributed by atoms with E-state index in [0.29, 0.717) is 12.3 Å². The Morgan fingerprint density at radius 3 is 3.12 bits per heavy atom. The summed E-state index contributed by atoms with van der Waals surface area (Å²) in [4.78, 5) is 27.8. The molecule has 0 N–H and O–H groups in total. The van der Waals surface area contributed by atoms with E-state index in [1.165, 1.54) is 11.3 Å². The van der Waals surface area contributed by atoms with Crippen molar-refractivity contribution in [3.8, 4) is 0 Å². The first-order chi connectivity index (χ1) is 12.7. The summed E-state index contributed by atoms with van der Waals surface area (Å²) in [5.74, 6) is 0.580. The molecule has 7 heteroatoms. The molecule has 1 saturated heterocycles. The van der Waals surface area contributed by atoms with Crippen LogP contribution in [0.25, 0.3) is 10.9 Å². The smallest absolute Gasteiger partial charge is 0.357 e. The fourth-order valence-electron chi connectivity index (χ4n) is 3.47. The first-order valence-electron chi connectivity index (χ1n) is 8.78. The molecular formula is C19H20N4O2S. The van der Waals surface area contributed by atoms with Crippen LogP contribution in [0, 0.1) is 6.92 Å². The van der Waals surface area contributed by atoms with E-state index in [0.717, 1.165) is 46.7 Å². The van der Waals surface area contributed by atoms with Gasteiger partial charge in [-0.3, -0.25) is 0 Å². The van der Waals surface area contributed by atoms with Gasteiger partial charge in [0.05, 0.1) is 18.2 Å². The summed E-state index contributed by atoms with van der Waals surface area (Å²) in [5.41, 5.74) is 2.51. The summed E-state index contributed by atoms with van der Waals surface area (Å²) in [5, 5.41) is 3.78. The fraction of sp³-hybridized carbons (Fsp3) is 0.368. The van der Waals surface area contributed by atoms with Gasteiger partial charge in [0.2, 0.25) is 0 Å². The Morgan fingerprint density at radius 1 is 1.38 bits per heavy atom. The molecule has 1 aromatic carbocycles. The van der Waals surface area contributed by atoms with Crippen molar-refractivity contribution in [2.24, 2.45) is 0 Å². The number of carbonyl (C=O) groups excluding carboxylic acids is 1. The van der Waals surface area contributed by atoms with Gasteiger partial charge in [0, 0.05) is 17.3 Å². The van der Waals surface area contributed by atoms with E-state index in [2.05, 4.69) is 38.9 Å². The van der Waals surface area contributed by atoms with Crippen molar-refractivity contribution in [3.05, 3.63) is 46.2 Å². The van der Waals surface area contributed by atoms with Crippen LogP contribution in [-0.2, 0) is 4.74 Å². The average molecular weight is 368 g/mol. The number of fused-ring (bicyclic) bond motifs is 1. The maximum absolute atomic E-state index is 11.9. The van der Waals surface area contributed by atoms with Crippen LogP contribution in [0.5, 0.6) is 0 Å². The molecular weight excluding hydrogens is 348 g/mol. The summed E-state index contributed by atoms with van der Waals surface area (Å²) in [6.07, 6.45) is 3.69. The van der Waals surface area contributed by atoms with Gasteiger partial charge >= 0.3 is 5.97 Å². The van der Waals surface area contributed by atoms with Crippen molar-refractivity contribution in [2.75, 3.05) is 18.1 Å². The second kappa shape index (κ2) is 6.99. The van der Waals surface area contributed by atoms with E-state index < -0.39 is 0 Å². The van der Waals surface area contributed by atoms with E-state index in [9.17, 15) is 4.79 Å². The largest absolute Gasteiger partial charge is 0.461 e. The molecule has 1 aliphatic rings. The Bertz CT molecular complexity index is 956. The summed E-state index contributed by atoms with van der Waals surface area (Å²) >= 11 is 1.51. The summed E-state index contributed by atoms with van der Waals surface area (Å²) < 4.78 is 5.06. The van der Waals surface area contributed by atoms with Gasteiger partial charge in [0.25, 0.3) is 0 Å². The van der Waals surface area contributed by atoms with Crippen LogP contribution in [0.3, 0.4) is 0 Å². The maximum Gasteiger partial charge on any atom is 0.357 e. The highest BCUT2D eigenvalue weighted by Gasteiger charge is 2.31. The number of anilines is 1. The number of aryl methyl sites for hydroxylation is 1. The van der Waals surface area contributed by atoms with Crippen LogP contribution in [-0.4, -0.2) is 34.1 Å². The Kier molecular flexibility index (Phi) is 4.55. The Labute approximate surface area is 155 Å². The number of nitrogens with zero attached hydrogens (tertiary/aromatic N) is 4. The Balaban J connectivity index is 1.70. The molecule has 0 spiro atoms. The van der Waals surface area contributed by atoms with Crippen LogP contribution < -0.4 is 4.90 Å². The van der Waals surface area contributed by atoms with Crippen LogP contribution in [0.2, 0.25) is 0 Å². The number of aromatic nitrogens is 3. The minimum atomic E-state index is -0.359. The predicted molar refractivity (Wildman–Crippen MR) is 102 cm³/mol. The molecule has 0 amide bonds. The minimum Gasteiger partial charge on any atom is -0.461 e. The van der Waals surface area contributed by atoms with Gasteiger partial charge in [-0.2, -0.15) is 0 Å². The van der Waals surface area contributed by atoms with Crippen molar-refractivity contribution >= 4 is 34.0 Å². The molecule has 1 fully saturated rings. The standard InChI is InChI=1S/C19H20N4O2S/c1-3-25-19(24)14-10-26-18(22-14)15-8-5-9-23(15)17-13-7-4-6-12(2)16(13)20-11-21-17/h4,6-7,10-11,15H,3,5,8-9H2,1-2H3. The fourth-order valence-corrected chi connectivity index (χ4v) is 4.40. The number of hydrogen-bond donors (Lipinski definition) is 0. The molecule has 0 bridgehead atoms. The number of para-hydroxylation sites is 1. The minimum absolute atomic E-state index is 0.127. The molecule has 0 aliphatic carbocycles. The lowest BCUT2D eigenvalue weighted by molar-refractivity contribution is 0.0520. The van der Waals surface area contributed by atoms with E-state index in [-0.39, 0.29) is 12.0 Å². The number of hydrogen-bond acceptors (Lipinski definition) is 7. The lowest BCUT2D eigenvalue weighted by Crippen LogP contribution is -2.24. The van der Waals surface area contributed by atoms with Crippen molar-refractivity contribution in [3.63, 3.8) is 0 Å². The van der Waals surface area contributed by atoms with E-state index in [4.69, 9.17) is 4.74 Å². The van der Waals surface area contributed by atoms with Crippen LogP contribution >= 0.6 is 11.3 Å². The number of thiazole rings is 1. The average Bonchev–Trinajstić information content (AvgIpc) is 3.31. The third-order valence-electron chi connectivity index (χ3n) is 4.66. The van der Waals surface area contributed by atoms with Gasteiger partial charge < -0.3 is 9.64 Å². The Hall–Kier alpha value is -2.54. The number of esters is 1. The second-order valence-electron chi connectivity index (χ2n) is 6.31. The highest BCUT2D eigenvalue weighted by Crippen LogP contribution is 2.39. The van der Waals surface area contributed by atoms with Crippen LogP contribution in [0.1, 0.15) is 46.9 Å². The second-order valence-corrected chi connectivity index (χ2v) is 7.20. The number of benzene rings is 1. The van der Waals surface area contributed by atoms with Gasteiger partial charge in [-0.25, -0.2) is 19.7 Å². The lowest BCUT2D eigenvalue weighted by Gasteiger charge is -2.25. The van der Waals surface area contributed by atoms with E-state index in [1.807, 2.05) is 6.07 Å². The first kappa shape index (κ1) is 16.9. The molecule has 1 atom stereocenters. The SMILES string of the molecule is CCOC(=O)c1csc(C2CCCN2c2ncnc3c(C)cccc23)n1. The van der Waals surface area contributed by atoms with Gasteiger partial charge in [0.15, 0.2) is 5.69 Å². The summed E-state index contributed by atoms with van der Waals surface area (Å²) in [6, 6.07) is 6.30. The quantitative estimate of drug-likeness (QED) is 0.650. The zero-order valence-electron chi connectivity index (χ0n) is 14.8. The molecule has 3 aromatic rings. The monoisotopic (exact) mass is 368 g/mol. The maximum atomic E-state index is 11.9.